The molecule has 1 fully saturated rings. The number of hydrogen-bond acceptors (Lipinski definition) is 2. The maximum atomic E-state index is 12.6. The maximum Gasteiger partial charge on any atom is 0.416 e. The Bertz CT molecular complexity index is 525. The number of halogens is 3. The summed E-state index contributed by atoms with van der Waals surface area (Å²) in [6, 6.07) is 4.85. The Morgan fingerprint density at radius 1 is 1.22 bits per heavy atom. The second-order valence-corrected chi connectivity index (χ2v) is 6.29. The smallest absolute Gasteiger partial charge is 0.385 e. The molecule has 0 atom stereocenters. The van der Waals surface area contributed by atoms with Crippen molar-refractivity contribution in [3.05, 3.63) is 29.8 Å². The molecule has 1 aliphatic rings. The van der Waals surface area contributed by atoms with Gasteiger partial charge in [-0.15, -0.1) is 0 Å². The van der Waals surface area contributed by atoms with Crippen molar-refractivity contribution in [1.29, 1.82) is 0 Å². The number of nitrogens with one attached hydrogen (secondary N) is 2. The zero-order valence-corrected chi connectivity index (χ0v) is 13.8. The molecule has 0 spiro atoms. The van der Waals surface area contributed by atoms with Gasteiger partial charge >= 0.3 is 6.18 Å². The van der Waals surface area contributed by atoms with Gasteiger partial charge in [-0.1, -0.05) is 12.8 Å². The maximum absolute atomic E-state index is 12.6. The second-order valence-electron chi connectivity index (χ2n) is 5.88. The van der Waals surface area contributed by atoms with Crippen molar-refractivity contribution in [3.8, 4) is 0 Å². The van der Waals surface area contributed by atoms with Crippen molar-refractivity contribution < 1.29 is 17.9 Å². The van der Waals surface area contributed by atoms with E-state index in [4.69, 9.17) is 17.0 Å². The van der Waals surface area contributed by atoms with Crippen molar-refractivity contribution in [2.45, 2.75) is 43.8 Å². The molecule has 0 saturated heterocycles. The molecule has 0 heterocycles. The Kier molecular flexibility index (Phi) is 5.86. The van der Waals surface area contributed by atoms with Crippen molar-refractivity contribution >= 4 is 23.0 Å². The predicted molar refractivity (Wildman–Crippen MR) is 88.5 cm³/mol. The van der Waals surface area contributed by atoms with Crippen LogP contribution in [0.15, 0.2) is 24.3 Å². The highest BCUT2D eigenvalue weighted by molar-refractivity contribution is 7.80. The van der Waals surface area contributed by atoms with Gasteiger partial charge in [0.25, 0.3) is 0 Å². The minimum atomic E-state index is -4.33. The molecule has 0 bridgehead atoms. The van der Waals surface area contributed by atoms with E-state index < -0.39 is 11.7 Å². The fourth-order valence-corrected chi connectivity index (χ4v) is 3.27. The van der Waals surface area contributed by atoms with E-state index in [-0.39, 0.29) is 5.54 Å². The van der Waals surface area contributed by atoms with Gasteiger partial charge in [-0.25, -0.2) is 0 Å². The number of thiocarbonyl (C=S) groups is 1. The molecule has 128 valence electrons. The van der Waals surface area contributed by atoms with Crippen LogP contribution in [-0.2, 0) is 10.9 Å². The topological polar surface area (TPSA) is 33.3 Å². The number of ether oxygens (including phenoxy) is 1. The molecule has 2 rings (SSSR count). The number of benzene rings is 1. The molecular formula is C16H21F3N2OS. The summed E-state index contributed by atoms with van der Waals surface area (Å²) in [6.07, 6.45) is 0.847. The van der Waals surface area contributed by atoms with Gasteiger partial charge in [0.05, 0.1) is 5.56 Å². The molecule has 3 nitrogen and oxygen atoms in total. The van der Waals surface area contributed by atoms with Crippen molar-refractivity contribution in [2.24, 2.45) is 0 Å². The summed E-state index contributed by atoms with van der Waals surface area (Å²) in [6.45, 7) is 0.649. The fraction of sp³-hybridized carbons (Fsp3) is 0.562. The van der Waals surface area contributed by atoms with E-state index in [2.05, 4.69) is 10.6 Å². The van der Waals surface area contributed by atoms with E-state index in [0.29, 0.717) is 17.4 Å². The average Bonchev–Trinajstić information content (AvgIpc) is 2.93. The molecule has 7 heteroatoms. The molecule has 0 unspecified atom stereocenters. The van der Waals surface area contributed by atoms with Gasteiger partial charge in [-0.3, -0.25) is 0 Å². The Hall–Kier alpha value is -1.34. The first-order valence-electron chi connectivity index (χ1n) is 7.60. The zero-order chi connectivity index (χ0) is 16.9. The standard InChI is InChI=1S/C16H21F3N2OS/c1-22-11-10-15(8-2-3-9-15)21-14(23)20-13-6-4-12(5-7-13)16(17,18)19/h4-7H,2-3,8-11H2,1H3,(H2,20,21,23). The lowest BCUT2D eigenvalue weighted by atomic mass is 9.94. The SMILES string of the molecule is COCCC1(NC(=S)Nc2ccc(C(F)(F)F)cc2)CCCC1. The van der Waals surface area contributed by atoms with Crippen LogP contribution < -0.4 is 10.6 Å². The minimum absolute atomic E-state index is 0.0774. The van der Waals surface area contributed by atoms with Gasteiger partial charge in [-0.05, 0) is 55.7 Å². The molecule has 1 aromatic carbocycles. The molecule has 23 heavy (non-hydrogen) atoms. The van der Waals surface area contributed by atoms with E-state index in [1.54, 1.807) is 7.11 Å². The lowest BCUT2D eigenvalue weighted by Crippen LogP contribution is -2.48. The van der Waals surface area contributed by atoms with E-state index in [9.17, 15) is 13.2 Å². The molecule has 1 aliphatic carbocycles. The fourth-order valence-electron chi connectivity index (χ4n) is 2.93. The van der Waals surface area contributed by atoms with Crippen LogP contribution in [0.4, 0.5) is 18.9 Å². The number of anilines is 1. The molecule has 1 aromatic rings. The Balaban J connectivity index is 1.95. The van der Waals surface area contributed by atoms with Gasteiger partial charge < -0.3 is 15.4 Å². The minimum Gasteiger partial charge on any atom is -0.385 e. The van der Waals surface area contributed by atoms with Gasteiger partial charge in [0.1, 0.15) is 0 Å². The van der Waals surface area contributed by atoms with Crippen LogP contribution in [-0.4, -0.2) is 24.4 Å². The highest BCUT2D eigenvalue weighted by Crippen LogP contribution is 2.33. The summed E-state index contributed by atoms with van der Waals surface area (Å²) in [7, 11) is 1.67. The van der Waals surface area contributed by atoms with Crippen molar-refractivity contribution in [3.63, 3.8) is 0 Å². The highest BCUT2D eigenvalue weighted by atomic mass is 32.1. The molecule has 0 aromatic heterocycles. The van der Waals surface area contributed by atoms with Crippen molar-refractivity contribution in [2.75, 3.05) is 19.0 Å². The third-order valence-electron chi connectivity index (χ3n) is 4.19. The van der Waals surface area contributed by atoms with E-state index >= 15 is 0 Å². The predicted octanol–water partition coefficient (Wildman–Crippen LogP) is 4.34. The van der Waals surface area contributed by atoms with Crippen LogP contribution in [0.25, 0.3) is 0 Å². The van der Waals surface area contributed by atoms with Crippen LogP contribution in [0, 0.1) is 0 Å². The molecule has 0 radical (unpaired) electrons. The van der Waals surface area contributed by atoms with Crippen molar-refractivity contribution in [1.82, 2.24) is 5.32 Å². The molecule has 0 amide bonds. The average molecular weight is 346 g/mol. The van der Waals surface area contributed by atoms with Crippen LogP contribution in [0.3, 0.4) is 0 Å². The summed E-state index contributed by atoms with van der Waals surface area (Å²) in [5, 5.41) is 6.73. The first-order chi connectivity index (χ1) is 10.8. The lowest BCUT2D eigenvalue weighted by Gasteiger charge is -2.31. The molecular weight excluding hydrogens is 325 g/mol. The van der Waals surface area contributed by atoms with Crippen LogP contribution >= 0.6 is 12.2 Å². The van der Waals surface area contributed by atoms with Crippen LogP contribution in [0.1, 0.15) is 37.7 Å². The molecule has 1 saturated carbocycles. The van der Waals surface area contributed by atoms with Gasteiger partial charge in [0.15, 0.2) is 5.11 Å². The number of rotatable bonds is 5. The van der Waals surface area contributed by atoms with E-state index in [1.165, 1.54) is 12.1 Å². The van der Waals surface area contributed by atoms with Gasteiger partial charge in [-0.2, -0.15) is 13.2 Å². The van der Waals surface area contributed by atoms with Crippen LogP contribution in [0.5, 0.6) is 0 Å². The van der Waals surface area contributed by atoms with Gasteiger partial charge in [0.2, 0.25) is 0 Å². The summed E-state index contributed by atoms with van der Waals surface area (Å²) in [5.41, 5.74) is -0.212. The van der Waals surface area contributed by atoms with E-state index in [0.717, 1.165) is 44.2 Å². The second kappa shape index (κ2) is 7.49. The quantitative estimate of drug-likeness (QED) is 0.777. The molecule has 2 N–H and O–H groups in total. The first-order valence-corrected chi connectivity index (χ1v) is 8.01. The monoisotopic (exact) mass is 346 g/mol. The number of methoxy groups -OCH3 is 1. The summed E-state index contributed by atoms with van der Waals surface area (Å²) < 4.78 is 42.8. The molecule has 0 aliphatic heterocycles. The van der Waals surface area contributed by atoms with Gasteiger partial charge in [0, 0.05) is 24.9 Å². The van der Waals surface area contributed by atoms with Crippen LogP contribution in [0.2, 0.25) is 0 Å². The largest absolute Gasteiger partial charge is 0.416 e. The summed E-state index contributed by atoms with van der Waals surface area (Å²) in [4.78, 5) is 0. The Morgan fingerprint density at radius 3 is 2.35 bits per heavy atom. The highest BCUT2D eigenvalue weighted by Gasteiger charge is 2.34. The summed E-state index contributed by atoms with van der Waals surface area (Å²) in [5.74, 6) is 0. The summed E-state index contributed by atoms with van der Waals surface area (Å²) >= 11 is 5.32. The Morgan fingerprint density at radius 2 is 1.83 bits per heavy atom. The first kappa shape index (κ1) is 18.0. The number of alkyl halides is 3. The third-order valence-corrected chi connectivity index (χ3v) is 4.40. The lowest BCUT2D eigenvalue weighted by molar-refractivity contribution is -0.137. The Labute approximate surface area is 139 Å². The van der Waals surface area contributed by atoms with E-state index in [1.807, 2.05) is 0 Å². The number of hydrogen-bond donors (Lipinski definition) is 2. The zero-order valence-electron chi connectivity index (χ0n) is 13.0. The normalized spacial score (nSPS) is 17.0. The third kappa shape index (κ3) is 5.07.